The number of hydrogen-bond acceptors (Lipinski definition) is 4. The fraction of sp³-hybridized carbons (Fsp3) is 0.579. The molecule has 0 bridgehead atoms. The van der Waals surface area contributed by atoms with Gasteiger partial charge < -0.3 is 15.5 Å². The smallest absolute Gasteiger partial charge is 0.227 e. The molecule has 1 atom stereocenters. The fourth-order valence-electron chi connectivity index (χ4n) is 2.89. The number of benzene rings is 1. The Morgan fingerprint density at radius 2 is 1.96 bits per heavy atom. The number of rotatable bonds is 8. The van der Waals surface area contributed by atoms with Gasteiger partial charge in [0.05, 0.1) is 12.3 Å². The van der Waals surface area contributed by atoms with Crippen molar-refractivity contribution < 1.29 is 13.2 Å². The van der Waals surface area contributed by atoms with E-state index >= 15 is 0 Å². The van der Waals surface area contributed by atoms with Crippen molar-refractivity contribution in [2.45, 2.75) is 45.7 Å². The predicted molar refractivity (Wildman–Crippen MR) is 125 cm³/mol. The van der Waals surface area contributed by atoms with E-state index in [2.05, 4.69) is 15.6 Å². The topological polar surface area (TPSA) is 90.9 Å². The first-order valence-corrected chi connectivity index (χ1v) is 11.5. The number of sulfone groups is 1. The quantitative estimate of drug-likeness (QED) is 0.311. The lowest BCUT2D eigenvalue weighted by atomic mass is 10.2. The summed E-state index contributed by atoms with van der Waals surface area (Å²) in [6.45, 7) is 5.94. The minimum atomic E-state index is -2.97. The zero-order valence-electron chi connectivity index (χ0n) is 16.8. The summed E-state index contributed by atoms with van der Waals surface area (Å²) in [7, 11) is -2.97. The van der Waals surface area contributed by atoms with E-state index in [1.165, 1.54) is 6.26 Å². The fourth-order valence-corrected chi connectivity index (χ4v) is 3.67. The molecule has 1 unspecified atom stereocenters. The maximum absolute atomic E-state index is 11.8. The highest BCUT2D eigenvalue weighted by atomic mass is 127. The number of amides is 1. The van der Waals surface area contributed by atoms with Crippen LogP contribution >= 0.6 is 24.0 Å². The van der Waals surface area contributed by atoms with Crippen LogP contribution in [0.1, 0.15) is 38.7 Å². The number of nitrogens with one attached hydrogen (secondary N) is 2. The van der Waals surface area contributed by atoms with Crippen molar-refractivity contribution in [3.63, 3.8) is 0 Å². The van der Waals surface area contributed by atoms with Crippen molar-refractivity contribution in [3.8, 4) is 0 Å². The zero-order valence-corrected chi connectivity index (χ0v) is 19.9. The highest BCUT2D eigenvalue weighted by Crippen LogP contribution is 2.21. The third-order valence-electron chi connectivity index (χ3n) is 4.39. The summed E-state index contributed by atoms with van der Waals surface area (Å²) in [4.78, 5) is 18.2. The van der Waals surface area contributed by atoms with Gasteiger partial charge in [0.15, 0.2) is 5.96 Å². The molecule has 28 heavy (non-hydrogen) atoms. The molecule has 0 spiro atoms. The van der Waals surface area contributed by atoms with E-state index in [4.69, 9.17) is 0 Å². The molecule has 2 rings (SSSR count). The van der Waals surface area contributed by atoms with E-state index < -0.39 is 9.84 Å². The molecule has 9 heteroatoms. The molecular formula is C19H31IN4O3S. The molecule has 7 nitrogen and oxygen atoms in total. The van der Waals surface area contributed by atoms with Gasteiger partial charge in [0, 0.05) is 37.5 Å². The summed E-state index contributed by atoms with van der Waals surface area (Å²) in [6, 6.07) is 7.90. The normalized spacial score (nSPS) is 15.9. The van der Waals surface area contributed by atoms with Gasteiger partial charge in [-0.2, -0.15) is 0 Å². The molecule has 1 saturated heterocycles. The van der Waals surface area contributed by atoms with E-state index in [0.717, 1.165) is 30.8 Å². The Hall–Kier alpha value is -1.36. The Morgan fingerprint density at radius 1 is 1.29 bits per heavy atom. The van der Waals surface area contributed by atoms with Crippen LogP contribution in [0.5, 0.6) is 0 Å². The van der Waals surface area contributed by atoms with Gasteiger partial charge in [0.25, 0.3) is 0 Å². The van der Waals surface area contributed by atoms with E-state index in [9.17, 15) is 13.2 Å². The van der Waals surface area contributed by atoms with E-state index in [1.807, 2.05) is 43.0 Å². The largest absolute Gasteiger partial charge is 0.357 e. The molecule has 1 amide bonds. The van der Waals surface area contributed by atoms with E-state index in [1.54, 1.807) is 0 Å². The third-order valence-corrected chi connectivity index (χ3v) is 5.37. The average Bonchev–Trinajstić information content (AvgIpc) is 3.04. The number of hydrogen-bond donors (Lipinski definition) is 2. The van der Waals surface area contributed by atoms with E-state index in [-0.39, 0.29) is 41.7 Å². The van der Waals surface area contributed by atoms with Crippen LogP contribution in [0, 0.1) is 0 Å². The molecule has 1 aliphatic heterocycles. The summed E-state index contributed by atoms with van der Waals surface area (Å²) in [6.07, 6.45) is 3.32. The Balaban J connectivity index is 0.00000392. The molecule has 1 aliphatic rings. The van der Waals surface area contributed by atoms with Gasteiger partial charge in [-0.05, 0) is 44.4 Å². The van der Waals surface area contributed by atoms with Gasteiger partial charge >= 0.3 is 0 Å². The Kier molecular flexibility index (Phi) is 10.2. The Morgan fingerprint density at radius 3 is 2.50 bits per heavy atom. The van der Waals surface area contributed by atoms with Crippen LogP contribution in [-0.4, -0.2) is 51.4 Å². The molecule has 1 aromatic carbocycles. The number of anilines is 1. The van der Waals surface area contributed by atoms with Gasteiger partial charge in [-0.1, -0.05) is 12.1 Å². The average molecular weight is 522 g/mol. The summed E-state index contributed by atoms with van der Waals surface area (Å²) in [5.74, 6) is 0.997. The Labute approximate surface area is 185 Å². The lowest BCUT2D eigenvalue weighted by molar-refractivity contribution is -0.117. The van der Waals surface area contributed by atoms with Crippen LogP contribution < -0.4 is 15.5 Å². The molecule has 1 heterocycles. The number of guanidine groups is 1. The molecule has 2 N–H and O–H groups in total. The summed E-state index contributed by atoms with van der Waals surface area (Å²) < 4.78 is 22.6. The zero-order chi connectivity index (χ0) is 19.9. The van der Waals surface area contributed by atoms with Crippen LogP contribution in [0.2, 0.25) is 0 Å². The molecule has 0 aromatic heterocycles. The first-order chi connectivity index (χ1) is 12.8. The van der Waals surface area contributed by atoms with Crippen molar-refractivity contribution in [1.82, 2.24) is 10.6 Å². The maximum atomic E-state index is 11.8. The Bertz CT molecular complexity index is 766. The van der Waals surface area contributed by atoms with Crippen LogP contribution in [0.15, 0.2) is 29.3 Å². The van der Waals surface area contributed by atoms with Crippen LogP contribution in [0.4, 0.5) is 5.69 Å². The lowest BCUT2D eigenvalue weighted by Gasteiger charge is -2.18. The number of aliphatic imine (C=N–C) groups is 1. The van der Waals surface area contributed by atoms with Crippen molar-refractivity contribution in [3.05, 3.63) is 29.8 Å². The van der Waals surface area contributed by atoms with Crippen LogP contribution in [-0.2, 0) is 21.2 Å². The molecule has 1 fully saturated rings. The minimum Gasteiger partial charge on any atom is -0.357 e. The van der Waals surface area contributed by atoms with E-state index in [0.29, 0.717) is 25.3 Å². The molecular weight excluding hydrogens is 491 g/mol. The number of halogens is 1. The van der Waals surface area contributed by atoms with Crippen molar-refractivity contribution >= 4 is 51.4 Å². The number of nitrogens with zero attached hydrogens (tertiary/aromatic N) is 2. The van der Waals surface area contributed by atoms with Gasteiger partial charge in [-0.15, -0.1) is 24.0 Å². The molecule has 158 valence electrons. The summed E-state index contributed by atoms with van der Waals surface area (Å²) in [5.41, 5.74) is 1.98. The highest BCUT2D eigenvalue weighted by Gasteiger charge is 2.21. The highest BCUT2D eigenvalue weighted by molar-refractivity contribution is 14.0. The second kappa shape index (κ2) is 11.6. The number of carbonyl (C=O) groups excluding carboxylic acids is 1. The lowest BCUT2D eigenvalue weighted by Crippen LogP contribution is -2.42. The van der Waals surface area contributed by atoms with Gasteiger partial charge in [-0.3, -0.25) is 4.79 Å². The van der Waals surface area contributed by atoms with Gasteiger partial charge in [-0.25, -0.2) is 13.4 Å². The SMILES string of the molecule is CCNC(=NCc1ccc(N2CCCC2=O)cc1)NC(C)CCS(C)(=O)=O.I. The molecule has 0 aliphatic carbocycles. The van der Waals surface area contributed by atoms with Gasteiger partial charge in [0.1, 0.15) is 9.84 Å². The van der Waals surface area contributed by atoms with Crippen molar-refractivity contribution in [2.75, 3.05) is 30.0 Å². The summed E-state index contributed by atoms with van der Waals surface area (Å²) in [5, 5.41) is 6.42. The first kappa shape index (κ1) is 24.7. The van der Waals surface area contributed by atoms with Gasteiger partial charge in [0.2, 0.25) is 5.91 Å². The number of carbonyl (C=O) groups is 1. The second-order valence-electron chi connectivity index (χ2n) is 6.97. The second-order valence-corrected chi connectivity index (χ2v) is 9.23. The minimum absolute atomic E-state index is 0. The first-order valence-electron chi connectivity index (χ1n) is 9.40. The maximum Gasteiger partial charge on any atom is 0.227 e. The van der Waals surface area contributed by atoms with Crippen molar-refractivity contribution in [1.29, 1.82) is 0 Å². The van der Waals surface area contributed by atoms with Crippen molar-refractivity contribution in [2.24, 2.45) is 4.99 Å². The third kappa shape index (κ3) is 8.34. The molecule has 0 radical (unpaired) electrons. The predicted octanol–water partition coefficient (Wildman–Crippen LogP) is 2.31. The standard InChI is InChI=1S/C19H30N4O3S.HI/c1-4-20-19(22-15(2)11-13-27(3,25)26)21-14-16-7-9-17(10-8-16)23-12-5-6-18(23)24;/h7-10,15H,4-6,11-14H2,1-3H3,(H2,20,21,22);1H. The monoisotopic (exact) mass is 522 g/mol. The molecule has 1 aromatic rings. The molecule has 0 saturated carbocycles. The van der Waals surface area contributed by atoms with Crippen LogP contribution in [0.3, 0.4) is 0 Å². The van der Waals surface area contributed by atoms with Crippen LogP contribution in [0.25, 0.3) is 0 Å². The summed E-state index contributed by atoms with van der Waals surface area (Å²) >= 11 is 0.